The summed E-state index contributed by atoms with van der Waals surface area (Å²) in [5.41, 5.74) is 0.653. The predicted octanol–water partition coefficient (Wildman–Crippen LogP) is 4.91. The second kappa shape index (κ2) is 8.97. The van der Waals surface area contributed by atoms with Gasteiger partial charge in [0.05, 0.1) is 0 Å². The number of nitrogens with one attached hydrogen (secondary N) is 1. The fraction of sp³-hybridized carbons (Fsp3) is 1.00. The minimum absolute atomic E-state index is 0.653. The van der Waals surface area contributed by atoms with E-state index in [1.165, 1.54) is 83.7 Å². The third kappa shape index (κ3) is 7.08. The summed E-state index contributed by atoms with van der Waals surface area (Å²) in [6.07, 6.45) is 16.0. The summed E-state index contributed by atoms with van der Waals surface area (Å²) in [7, 11) is 0. The first-order valence-corrected chi connectivity index (χ1v) is 7.97. The van der Waals surface area contributed by atoms with Crippen molar-refractivity contribution in [3.8, 4) is 0 Å². The summed E-state index contributed by atoms with van der Waals surface area (Å²) in [5, 5.41) is 3.39. The van der Waals surface area contributed by atoms with Gasteiger partial charge in [0, 0.05) is 13.1 Å². The molecule has 0 bridgehead atoms. The van der Waals surface area contributed by atoms with E-state index in [-0.39, 0.29) is 0 Å². The molecule has 0 saturated carbocycles. The van der Waals surface area contributed by atoms with Crippen LogP contribution in [0, 0.1) is 5.41 Å². The molecule has 1 nitrogen and oxygen atoms in total. The molecular formula is C16H33N. The molecule has 0 aromatic carbocycles. The summed E-state index contributed by atoms with van der Waals surface area (Å²) >= 11 is 0. The number of rotatable bonds is 11. The molecule has 1 aliphatic heterocycles. The molecule has 0 spiro atoms. The fourth-order valence-corrected chi connectivity index (χ4v) is 2.77. The van der Waals surface area contributed by atoms with E-state index in [9.17, 15) is 0 Å². The van der Waals surface area contributed by atoms with Gasteiger partial charge in [-0.15, -0.1) is 0 Å². The molecule has 0 aromatic heterocycles. The lowest BCUT2D eigenvalue weighted by molar-refractivity contribution is 0.174. The minimum atomic E-state index is 0.653. The molecule has 1 rings (SSSR count). The number of unbranched alkanes of at least 4 members (excludes halogenated alkanes) is 9. The third-order valence-corrected chi connectivity index (χ3v) is 4.24. The van der Waals surface area contributed by atoms with Crippen molar-refractivity contribution in [1.29, 1.82) is 0 Å². The van der Waals surface area contributed by atoms with E-state index in [0.717, 1.165) is 0 Å². The van der Waals surface area contributed by atoms with Gasteiger partial charge >= 0.3 is 0 Å². The lowest BCUT2D eigenvalue weighted by atomic mass is 9.79. The normalized spacial score (nSPS) is 18.0. The summed E-state index contributed by atoms with van der Waals surface area (Å²) in [4.78, 5) is 0. The highest BCUT2D eigenvalue weighted by Crippen LogP contribution is 2.28. The van der Waals surface area contributed by atoms with Crippen molar-refractivity contribution in [3.63, 3.8) is 0 Å². The number of hydrogen-bond acceptors (Lipinski definition) is 1. The van der Waals surface area contributed by atoms with Crippen molar-refractivity contribution >= 4 is 0 Å². The zero-order valence-corrected chi connectivity index (χ0v) is 12.2. The van der Waals surface area contributed by atoms with Gasteiger partial charge in [0.15, 0.2) is 0 Å². The van der Waals surface area contributed by atoms with Gasteiger partial charge in [-0.3, -0.25) is 0 Å². The summed E-state index contributed by atoms with van der Waals surface area (Å²) in [5.74, 6) is 0. The van der Waals surface area contributed by atoms with Crippen LogP contribution in [0.4, 0.5) is 0 Å². The van der Waals surface area contributed by atoms with Gasteiger partial charge in [-0.05, 0) is 11.8 Å². The SMILES string of the molecule is CCCCCCCCCCCCC1(C)CNC1. The Morgan fingerprint density at radius 1 is 0.765 bits per heavy atom. The molecule has 0 aromatic rings. The molecule has 102 valence electrons. The number of hydrogen-bond donors (Lipinski definition) is 1. The van der Waals surface area contributed by atoms with E-state index in [2.05, 4.69) is 19.2 Å². The van der Waals surface area contributed by atoms with Crippen LogP contribution in [0.1, 0.15) is 84.5 Å². The summed E-state index contributed by atoms with van der Waals surface area (Å²) < 4.78 is 0. The quantitative estimate of drug-likeness (QED) is 0.505. The topological polar surface area (TPSA) is 12.0 Å². The first-order chi connectivity index (χ1) is 8.27. The first kappa shape index (κ1) is 15.0. The van der Waals surface area contributed by atoms with Crippen LogP contribution in [0.25, 0.3) is 0 Å². The minimum Gasteiger partial charge on any atom is -0.316 e. The van der Waals surface area contributed by atoms with E-state index in [0.29, 0.717) is 5.41 Å². The van der Waals surface area contributed by atoms with Gasteiger partial charge in [0.1, 0.15) is 0 Å². The molecule has 17 heavy (non-hydrogen) atoms. The molecule has 1 heteroatoms. The Morgan fingerprint density at radius 3 is 1.65 bits per heavy atom. The van der Waals surface area contributed by atoms with Gasteiger partial charge in [-0.25, -0.2) is 0 Å². The average molecular weight is 239 g/mol. The Hall–Kier alpha value is -0.0400. The van der Waals surface area contributed by atoms with Gasteiger partial charge in [0.2, 0.25) is 0 Å². The molecule has 1 N–H and O–H groups in total. The molecule has 1 aliphatic rings. The predicted molar refractivity (Wildman–Crippen MR) is 77.4 cm³/mol. The van der Waals surface area contributed by atoms with Crippen molar-refractivity contribution in [2.24, 2.45) is 5.41 Å². The van der Waals surface area contributed by atoms with Crippen molar-refractivity contribution < 1.29 is 0 Å². The monoisotopic (exact) mass is 239 g/mol. The van der Waals surface area contributed by atoms with E-state index in [4.69, 9.17) is 0 Å². The fourth-order valence-electron chi connectivity index (χ4n) is 2.77. The lowest BCUT2D eigenvalue weighted by Gasteiger charge is -2.39. The van der Waals surface area contributed by atoms with Crippen molar-refractivity contribution in [1.82, 2.24) is 5.32 Å². The van der Waals surface area contributed by atoms with Crippen LogP contribution in [-0.2, 0) is 0 Å². The third-order valence-electron chi connectivity index (χ3n) is 4.24. The lowest BCUT2D eigenvalue weighted by Crippen LogP contribution is -2.51. The second-order valence-corrected chi connectivity index (χ2v) is 6.35. The second-order valence-electron chi connectivity index (χ2n) is 6.35. The molecule has 1 fully saturated rings. The van der Waals surface area contributed by atoms with Crippen molar-refractivity contribution in [2.75, 3.05) is 13.1 Å². The molecular weight excluding hydrogens is 206 g/mol. The molecule has 0 radical (unpaired) electrons. The Morgan fingerprint density at radius 2 is 1.24 bits per heavy atom. The maximum Gasteiger partial charge on any atom is 0.00176 e. The Bertz CT molecular complexity index is 172. The zero-order valence-electron chi connectivity index (χ0n) is 12.2. The van der Waals surface area contributed by atoms with E-state index in [1.54, 1.807) is 0 Å². The maximum atomic E-state index is 3.39. The van der Waals surface area contributed by atoms with E-state index in [1.807, 2.05) is 0 Å². The van der Waals surface area contributed by atoms with Crippen LogP contribution in [0.3, 0.4) is 0 Å². The maximum absolute atomic E-state index is 3.39. The van der Waals surface area contributed by atoms with E-state index < -0.39 is 0 Å². The van der Waals surface area contributed by atoms with E-state index >= 15 is 0 Å². The molecule has 1 saturated heterocycles. The van der Waals surface area contributed by atoms with Crippen LogP contribution in [0.15, 0.2) is 0 Å². The Balaban J connectivity index is 1.72. The Kier molecular flexibility index (Phi) is 7.92. The van der Waals surface area contributed by atoms with Crippen LogP contribution in [-0.4, -0.2) is 13.1 Å². The summed E-state index contributed by atoms with van der Waals surface area (Å²) in [6.45, 7) is 7.23. The van der Waals surface area contributed by atoms with Gasteiger partial charge in [0.25, 0.3) is 0 Å². The molecule has 0 amide bonds. The highest BCUT2D eigenvalue weighted by Gasteiger charge is 2.30. The average Bonchev–Trinajstić information content (AvgIpc) is 2.29. The molecule has 0 unspecified atom stereocenters. The van der Waals surface area contributed by atoms with Gasteiger partial charge < -0.3 is 5.32 Å². The zero-order chi connectivity index (χ0) is 12.4. The molecule has 0 aliphatic carbocycles. The van der Waals surface area contributed by atoms with Gasteiger partial charge in [-0.2, -0.15) is 0 Å². The van der Waals surface area contributed by atoms with Crippen molar-refractivity contribution in [2.45, 2.75) is 84.5 Å². The standard InChI is InChI=1S/C16H33N/c1-3-4-5-6-7-8-9-10-11-12-13-16(2)14-17-15-16/h17H,3-15H2,1-2H3. The Labute approximate surface area is 109 Å². The molecule has 1 heterocycles. The largest absolute Gasteiger partial charge is 0.316 e. The smallest absolute Gasteiger partial charge is 0.00176 e. The van der Waals surface area contributed by atoms with Crippen LogP contribution in [0.2, 0.25) is 0 Å². The van der Waals surface area contributed by atoms with Crippen molar-refractivity contribution in [3.05, 3.63) is 0 Å². The van der Waals surface area contributed by atoms with Gasteiger partial charge in [-0.1, -0.05) is 78.1 Å². The highest BCUT2D eigenvalue weighted by atomic mass is 15.0. The highest BCUT2D eigenvalue weighted by molar-refractivity contribution is 4.87. The van der Waals surface area contributed by atoms with Crippen LogP contribution in [0.5, 0.6) is 0 Å². The van der Waals surface area contributed by atoms with Crippen LogP contribution >= 0.6 is 0 Å². The van der Waals surface area contributed by atoms with Crippen LogP contribution < -0.4 is 5.32 Å². The first-order valence-electron chi connectivity index (χ1n) is 7.97. The summed E-state index contributed by atoms with van der Waals surface area (Å²) in [6, 6.07) is 0. The molecule has 0 atom stereocenters.